The number of hydrogen-bond donors (Lipinski definition) is 2. The van der Waals surface area contributed by atoms with E-state index in [-0.39, 0.29) is 12.1 Å². The van der Waals surface area contributed by atoms with Crippen LogP contribution in [0.3, 0.4) is 0 Å². The Hall–Kier alpha value is -3.54. The van der Waals surface area contributed by atoms with Crippen LogP contribution in [0.1, 0.15) is 30.4 Å². The molecule has 6 heteroatoms. The second kappa shape index (κ2) is 8.86. The number of aryl methyl sites for hydroxylation is 1. The lowest BCUT2D eigenvalue weighted by molar-refractivity contribution is 0.205. The van der Waals surface area contributed by atoms with E-state index in [0.29, 0.717) is 24.6 Å². The molecule has 1 saturated heterocycles. The van der Waals surface area contributed by atoms with Gasteiger partial charge in [0, 0.05) is 29.6 Å². The molecule has 2 amide bonds. The van der Waals surface area contributed by atoms with Crippen molar-refractivity contribution in [2.45, 2.75) is 25.8 Å². The van der Waals surface area contributed by atoms with Crippen molar-refractivity contribution < 1.29 is 9.53 Å². The van der Waals surface area contributed by atoms with Crippen LogP contribution in [0.4, 0.5) is 10.5 Å². The highest BCUT2D eigenvalue weighted by molar-refractivity contribution is 5.90. The molecule has 1 aromatic heterocycles. The van der Waals surface area contributed by atoms with Gasteiger partial charge in [-0.3, -0.25) is 0 Å². The van der Waals surface area contributed by atoms with Crippen molar-refractivity contribution in [3.05, 3.63) is 78.8 Å². The van der Waals surface area contributed by atoms with Crippen molar-refractivity contribution in [1.82, 2.24) is 14.9 Å². The number of rotatable bonds is 6. The van der Waals surface area contributed by atoms with Gasteiger partial charge in [-0.2, -0.15) is 0 Å². The quantitative estimate of drug-likeness (QED) is 0.548. The van der Waals surface area contributed by atoms with Crippen LogP contribution in [0.15, 0.2) is 67.3 Å². The summed E-state index contributed by atoms with van der Waals surface area (Å²) in [6.45, 7) is 6.80. The zero-order chi connectivity index (χ0) is 20.9. The Kier molecular flexibility index (Phi) is 5.84. The highest BCUT2D eigenvalue weighted by Crippen LogP contribution is 2.33. The van der Waals surface area contributed by atoms with E-state index in [1.165, 1.54) is 0 Å². The fourth-order valence-electron chi connectivity index (χ4n) is 3.83. The number of likely N-dealkylation sites (tertiary alicyclic amines) is 1. The predicted molar refractivity (Wildman–Crippen MR) is 119 cm³/mol. The first-order valence-electron chi connectivity index (χ1n) is 10.2. The van der Waals surface area contributed by atoms with Gasteiger partial charge in [0.05, 0.1) is 11.7 Å². The second-order valence-corrected chi connectivity index (χ2v) is 7.37. The van der Waals surface area contributed by atoms with E-state index in [0.717, 1.165) is 35.6 Å². The van der Waals surface area contributed by atoms with Crippen LogP contribution >= 0.6 is 0 Å². The third-order valence-electron chi connectivity index (χ3n) is 5.23. The molecule has 0 aliphatic carbocycles. The molecule has 1 fully saturated rings. The minimum atomic E-state index is -0.131. The van der Waals surface area contributed by atoms with Crippen molar-refractivity contribution in [2.75, 3.05) is 18.5 Å². The first kappa shape index (κ1) is 19.8. The van der Waals surface area contributed by atoms with Gasteiger partial charge in [-0.25, -0.2) is 9.78 Å². The maximum atomic E-state index is 13.0. The number of carbonyl (C=O) groups is 1. The number of anilines is 1. The summed E-state index contributed by atoms with van der Waals surface area (Å²) in [4.78, 5) is 23.1. The molecule has 0 saturated carbocycles. The second-order valence-electron chi connectivity index (χ2n) is 7.37. The monoisotopic (exact) mass is 402 g/mol. The minimum absolute atomic E-state index is 0.0682. The standard InChI is InChI=1S/C24H26N4O2/c1-3-15-30-20-12-7-11-19(16-20)26-24(29)28-14-8-13-21(28)23-25-17(2)22(27-23)18-9-5-4-6-10-18/h3-7,9-12,16,21H,1,8,13-15H2,2H3,(H,25,27)(H,26,29)/t21-/m0/s1. The number of benzene rings is 2. The van der Waals surface area contributed by atoms with E-state index >= 15 is 0 Å². The third-order valence-corrected chi connectivity index (χ3v) is 5.23. The zero-order valence-corrected chi connectivity index (χ0v) is 17.1. The highest BCUT2D eigenvalue weighted by atomic mass is 16.5. The summed E-state index contributed by atoms with van der Waals surface area (Å²) in [5.74, 6) is 1.53. The van der Waals surface area contributed by atoms with E-state index < -0.39 is 0 Å². The predicted octanol–water partition coefficient (Wildman–Crippen LogP) is 5.32. The Bertz CT molecular complexity index is 1030. The Morgan fingerprint density at radius 1 is 1.30 bits per heavy atom. The van der Waals surface area contributed by atoms with Crippen LogP contribution in [0.5, 0.6) is 5.75 Å². The number of amides is 2. The fourth-order valence-corrected chi connectivity index (χ4v) is 3.83. The van der Waals surface area contributed by atoms with Gasteiger partial charge < -0.3 is 19.9 Å². The van der Waals surface area contributed by atoms with Gasteiger partial charge in [0.15, 0.2) is 0 Å². The van der Waals surface area contributed by atoms with Crippen LogP contribution in [0.2, 0.25) is 0 Å². The summed E-state index contributed by atoms with van der Waals surface area (Å²) in [5, 5.41) is 2.99. The molecule has 1 atom stereocenters. The number of aromatic amines is 1. The number of urea groups is 1. The van der Waals surface area contributed by atoms with Crippen LogP contribution in [0.25, 0.3) is 11.3 Å². The first-order valence-corrected chi connectivity index (χ1v) is 10.2. The Morgan fingerprint density at radius 2 is 2.13 bits per heavy atom. The highest BCUT2D eigenvalue weighted by Gasteiger charge is 2.32. The number of nitrogens with one attached hydrogen (secondary N) is 2. The molecule has 30 heavy (non-hydrogen) atoms. The zero-order valence-electron chi connectivity index (χ0n) is 17.1. The number of hydrogen-bond acceptors (Lipinski definition) is 3. The van der Waals surface area contributed by atoms with Gasteiger partial charge in [-0.15, -0.1) is 0 Å². The van der Waals surface area contributed by atoms with Crippen LogP contribution in [-0.2, 0) is 0 Å². The van der Waals surface area contributed by atoms with Crippen LogP contribution in [0, 0.1) is 6.92 Å². The average molecular weight is 402 g/mol. The van der Waals surface area contributed by atoms with E-state index in [9.17, 15) is 4.79 Å². The molecule has 154 valence electrons. The number of aromatic nitrogens is 2. The number of imidazole rings is 1. The summed E-state index contributed by atoms with van der Waals surface area (Å²) in [5.41, 5.74) is 3.72. The molecular weight excluding hydrogens is 376 g/mol. The Balaban J connectivity index is 1.50. The molecule has 3 aromatic rings. The average Bonchev–Trinajstić information content (AvgIpc) is 3.40. The SMILES string of the molecule is C=CCOc1cccc(NC(=O)N2CCC[C@H]2c2nc(-c3ccccc3)c(C)[nH]2)c1. The lowest BCUT2D eigenvalue weighted by Gasteiger charge is -2.23. The van der Waals surface area contributed by atoms with E-state index in [4.69, 9.17) is 9.72 Å². The lowest BCUT2D eigenvalue weighted by atomic mass is 10.1. The van der Waals surface area contributed by atoms with Crippen molar-refractivity contribution in [3.8, 4) is 17.0 Å². The van der Waals surface area contributed by atoms with Crippen molar-refractivity contribution in [1.29, 1.82) is 0 Å². The van der Waals surface area contributed by atoms with Crippen molar-refractivity contribution >= 4 is 11.7 Å². The molecule has 0 spiro atoms. The Labute approximate surface area is 176 Å². The number of carbonyl (C=O) groups excluding carboxylic acids is 1. The summed E-state index contributed by atoms with van der Waals surface area (Å²) >= 11 is 0. The molecule has 2 N–H and O–H groups in total. The van der Waals surface area contributed by atoms with Gasteiger partial charge in [0.1, 0.15) is 18.2 Å². The van der Waals surface area contributed by atoms with E-state index in [1.807, 2.05) is 66.4 Å². The molecule has 1 aliphatic heterocycles. The molecule has 0 unspecified atom stereocenters. The van der Waals surface area contributed by atoms with E-state index in [1.54, 1.807) is 6.08 Å². The summed E-state index contributed by atoms with van der Waals surface area (Å²) in [6.07, 6.45) is 3.52. The minimum Gasteiger partial charge on any atom is -0.489 e. The molecular formula is C24H26N4O2. The summed E-state index contributed by atoms with van der Waals surface area (Å²) in [6, 6.07) is 17.3. The van der Waals surface area contributed by atoms with Gasteiger partial charge in [-0.1, -0.05) is 49.1 Å². The lowest BCUT2D eigenvalue weighted by Crippen LogP contribution is -2.34. The number of H-pyrrole nitrogens is 1. The Morgan fingerprint density at radius 3 is 2.93 bits per heavy atom. The van der Waals surface area contributed by atoms with Crippen molar-refractivity contribution in [3.63, 3.8) is 0 Å². The molecule has 6 nitrogen and oxygen atoms in total. The molecule has 0 bridgehead atoms. The molecule has 4 rings (SSSR count). The van der Waals surface area contributed by atoms with Crippen molar-refractivity contribution in [2.24, 2.45) is 0 Å². The molecule has 0 radical (unpaired) electrons. The molecule has 1 aliphatic rings. The van der Waals surface area contributed by atoms with Gasteiger partial charge in [0.25, 0.3) is 0 Å². The number of nitrogens with zero attached hydrogens (tertiary/aromatic N) is 2. The van der Waals surface area contributed by atoms with Gasteiger partial charge in [-0.05, 0) is 31.9 Å². The van der Waals surface area contributed by atoms with Gasteiger partial charge >= 0.3 is 6.03 Å². The third kappa shape index (κ3) is 4.22. The van der Waals surface area contributed by atoms with E-state index in [2.05, 4.69) is 16.9 Å². The van der Waals surface area contributed by atoms with Crippen LogP contribution in [-0.4, -0.2) is 34.1 Å². The maximum Gasteiger partial charge on any atom is 0.322 e. The van der Waals surface area contributed by atoms with Gasteiger partial charge in [0.2, 0.25) is 0 Å². The maximum absolute atomic E-state index is 13.0. The number of ether oxygens (including phenoxy) is 1. The van der Waals surface area contributed by atoms with Crippen LogP contribution < -0.4 is 10.1 Å². The summed E-state index contributed by atoms with van der Waals surface area (Å²) < 4.78 is 5.55. The molecule has 2 aromatic carbocycles. The smallest absolute Gasteiger partial charge is 0.322 e. The molecule has 2 heterocycles. The normalized spacial score (nSPS) is 15.8. The topological polar surface area (TPSA) is 70.2 Å². The summed E-state index contributed by atoms with van der Waals surface area (Å²) in [7, 11) is 0. The largest absolute Gasteiger partial charge is 0.489 e. The fraction of sp³-hybridized carbons (Fsp3) is 0.250. The first-order chi connectivity index (χ1) is 14.7.